The van der Waals surface area contributed by atoms with Crippen LogP contribution in [-0.4, -0.2) is 20.3 Å². The maximum Gasteiger partial charge on any atom is 0.181 e. The summed E-state index contributed by atoms with van der Waals surface area (Å²) in [6.07, 6.45) is 6.22. The van der Waals surface area contributed by atoms with Crippen LogP contribution in [0.3, 0.4) is 0 Å². The van der Waals surface area contributed by atoms with E-state index in [1.807, 2.05) is 6.07 Å². The number of anilines is 1. The van der Waals surface area contributed by atoms with Crippen LogP contribution in [0.4, 0.5) is 5.69 Å². The number of hydrogen-bond donors (Lipinski definition) is 3. The molecule has 1 heterocycles. The Morgan fingerprint density at radius 1 is 1.21 bits per heavy atom. The Balaban J connectivity index is 1.85. The number of aromatic amines is 1. The Kier molecular flexibility index (Phi) is 3.11. The molecule has 0 aliphatic heterocycles. The summed E-state index contributed by atoms with van der Waals surface area (Å²) >= 11 is 0. The van der Waals surface area contributed by atoms with Gasteiger partial charge in [0.2, 0.25) is 0 Å². The highest BCUT2D eigenvalue weighted by molar-refractivity contribution is 5.64. The van der Waals surface area contributed by atoms with Gasteiger partial charge in [0.25, 0.3) is 0 Å². The zero-order valence-electron chi connectivity index (χ0n) is 10.8. The molecular weight excluding hydrogens is 240 g/mol. The van der Waals surface area contributed by atoms with E-state index in [4.69, 9.17) is 5.73 Å². The first-order valence-electron chi connectivity index (χ1n) is 6.75. The van der Waals surface area contributed by atoms with Gasteiger partial charge in [-0.2, -0.15) is 5.10 Å². The molecule has 2 aromatic rings. The van der Waals surface area contributed by atoms with Gasteiger partial charge in [0.05, 0.1) is 5.69 Å². The van der Waals surface area contributed by atoms with Crippen LogP contribution < -0.4 is 5.73 Å². The molecule has 0 amide bonds. The van der Waals surface area contributed by atoms with E-state index in [-0.39, 0.29) is 5.75 Å². The number of hydrogen-bond acceptors (Lipinski definition) is 4. The van der Waals surface area contributed by atoms with Crippen LogP contribution in [0.5, 0.6) is 5.75 Å². The van der Waals surface area contributed by atoms with E-state index in [9.17, 15) is 5.11 Å². The maximum absolute atomic E-state index is 9.63. The predicted molar refractivity (Wildman–Crippen MR) is 73.7 cm³/mol. The molecule has 1 aliphatic rings. The van der Waals surface area contributed by atoms with Crippen molar-refractivity contribution in [3.63, 3.8) is 0 Å². The SMILES string of the molecule is Nc1ccc(-c2n[nH]c(C3CCCCC3)n2)cc1O. The molecule has 4 N–H and O–H groups in total. The minimum Gasteiger partial charge on any atom is -0.506 e. The lowest BCUT2D eigenvalue weighted by atomic mass is 9.89. The molecule has 0 spiro atoms. The summed E-state index contributed by atoms with van der Waals surface area (Å²) in [7, 11) is 0. The fourth-order valence-corrected chi connectivity index (χ4v) is 2.64. The molecule has 19 heavy (non-hydrogen) atoms. The van der Waals surface area contributed by atoms with Gasteiger partial charge in [0, 0.05) is 11.5 Å². The van der Waals surface area contributed by atoms with Crippen LogP contribution in [0.25, 0.3) is 11.4 Å². The second kappa shape index (κ2) is 4.91. The van der Waals surface area contributed by atoms with Gasteiger partial charge in [-0.3, -0.25) is 5.10 Å². The molecule has 5 nitrogen and oxygen atoms in total. The number of nitrogens with two attached hydrogens (primary N) is 1. The maximum atomic E-state index is 9.63. The van der Waals surface area contributed by atoms with Gasteiger partial charge < -0.3 is 10.8 Å². The number of nitrogens with zero attached hydrogens (tertiary/aromatic N) is 2. The van der Waals surface area contributed by atoms with Crippen LogP contribution in [0.1, 0.15) is 43.8 Å². The fraction of sp³-hybridized carbons (Fsp3) is 0.429. The number of phenols is 1. The Hall–Kier alpha value is -2.04. The Bertz CT molecular complexity index is 573. The zero-order valence-corrected chi connectivity index (χ0v) is 10.8. The molecule has 5 heteroatoms. The van der Waals surface area contributed by atoms with E-state index < -0.39 is 0 Å². The van der Waals surface area contributed by atoms with Crippen molar-refractivity contribution >= 4 is 5.69 Å². The molecule has 1 saturated carbocycles. The van der Waals surface area contributed by atoms with Crippen LogP contribution in [0.15, 0.2) is 18.2 Å². The third-order valence-corrected chi connectivity index (χ3v) is 3.78. The van der Waals surface area contributed by atoms with Crippen molar-refractivity contribution in [1.82, 2.24) is 15.2 Å². The van der Waals surface area contributed by atoms with E-state index in [1.54, 1.807) is 12.1 Å². The first-order valence-corrected chi connectivity index (χ1v) is 6.75. The summed E-state index contributed by atoms with van der Waals surface area (Å²) in [5.74, 6) is 2.15. The van der Waals surface area contributed by atoms with Gasteiger partial charge in [0.1, 0.15) is 11.6 Å². The van der Waals surface area contributed by atoms with E-state index in [1.165, 1.54) is 32.1 Å². The van der Waals surface area contributed by atoms with Crippen molar-refractivity contribution < 1.29 is 5.11 Å². The lowest BCUT2D eigenvalue weighted by Gasteiger charge is -2.18. The summed E-state index contributed by atoms with van der Waals surface area (Å²) in [4.78, 5) is 4.56. The minimum absolute atomic E-state index is 0.0708. The van der Waals surface area contributed by atoms with Crippen LogP contribution in [0.2, 0.25) is 0 Å². The number of rotatable bonds is 2. The Morgan fingerprint density at radius 3 is 2.74 bits per heavy atom. The number of aromatic hydroxyl groups is 1. The molecule has 0 atom stereocenters. The van der Waals surface area contributed by atoms with Crippen LogP contribution >= 0.6 is 0 Å². The highest BCUT2D eigenvalue weighted by Gasteiger charge is 2.19. The van der Waals surface area contributed by atoms with Crippen molar-refractivity contribution in [1.29, 1.82) is 0 Å². The molecule has 0 radical (unpaired) electrons. The van der Waals surface area contributed by atoms with E-state index in [0.29, 0.717) is 17.4 Å². The third-order valence-electron chi connectivity index (χ3n) is 3.78. The van der Waals surface area contributed by atoms with E-state index in [0.717, 1.165) is 11.4 Å². The summed E-state index contributed by atoms with van der Waals surface area (Å²) < 4.78 is 0. The van der Waals surface area contributed by atoms with Gasteiger partial charge >= 0.3 is 0 Å². The molecule has 0 saturated heterocycles. The molecule has 0 bridgehead atoms. The highest BCUT2D eigenvalue weighted by atomic mass is 16.3. The van der Waals surface area contributed by atoms with Crippen LogP contribution in [0, 0.1) is 0 Å². The van der Waals surface area contributed by atoms with E-state index in [2.05, 4.69) is 15.2 Å². The summed E-state index contributed by atoms with van der Waals surface area (Å²) in [6.45, 7) is 0. The normalized spacial score (nSPS) is 16.6. The summed E-state index contributed by atoms with van der Waals surface area (Å²) in [5.41, 5.74) is 6.74. The Labute approximate surface area is 111 Å². The summed E-state index contributed by atoms with van der Waals surface area (Å²) in [6, 6.07) is 5.09. The lowest BCUT2D eigenvalue weighted by Crippen LogP contribution is -2.06. The topological polar surface area (TPSA) is 87.8 Å². The fourth-order valence-electron chi connectivity index (χ4n) is 2.64. The standard InChI is InChI=1S/C14H18N4O/c15-11-7-6-10(8-12(11)19)14-16-13(17-18-14)9-4-2-1-3-5-9/h6-9,19H,1-5,15H2,(H,16,17,18). The predicted octanol–water partition coefficient (Wildman–Crippen LogP) is 2.81. The third kappa shape index (κ3) is 2.41. The molecular formula is C14H18N4O. The monoisotopic (exact) mass is 258 g/mol. The van der Waals surface area contributed by atoms with Crippen molar-refractivity contribution in [3.05, 3.63) is 24.0 Å². The van der Waals surface area contributed by atoms with Gasteiger partial charge in [-0.05, 0) is 31.0 Å². The van der Waals surface area contributed by atoms with Gasteiger partial charge in [0.15, 0.2) is 5.82 Å². The van der Waals surface area contributed by atoms with Crippen LogP contribution in [-0.2, 0) is 0 Å². The highest BCUT2D eigenvalue weighted by Crippen LogP contribution is 2.32. The quantitative estimate of drug-likeness (QED) is 0.571. The number of nitrogen functional groups attached to an aromatic ring is 1. The lowest BCUT2D eigenvalue weighted by molar-refractivity contribution is 0.429. The summed E-state index contributed by atoms with van der Waals surface area (Å²) in [5, 5.41) is 16.9. The number of H-pyrrole nitrogens is 1. The number of benzene rings is 1. The molecule has 3 rings (SSSR count). The first kappa shape index (κ1) is 12.0. The molecule has 0 unspecified atom stereocenters. The van der Waals surface area contributed by atoms with Gasteiger partial charge in [-0.15, -0.1) is 0 Å². The molecule has 1 aromatic carbocycles. The molecule has 100 valence electrons. The van der Waals surface area contributed by atoms with Gasteiger partial charge in [-0.25, -0.2) is 4.98 Å². The van der Waals surface area contributed by atoms with Crippen molar-refractivity contribution in [3.8, 4) is 17.1 Å². The average molecular weight is 258 g/mol. The zero-order chi connectivity index (χ0) is 13.2. The Morgan fingerprint density at radius 2 is 2.00 bits per heavy atom. The van der Waals surface area contributed by atoms with Crippen molar-refractivity contribution in [2.75, 3.05) is 5.73 Å². The average Bonchev–Trinajstić information content (AvgIpc) is 2.93. The minimum atomic E-state index is 0.0708. The number of phenolic OH excluding ortho intramolecular Hbond substituents is 1. The van der Waals surface area contributed by atoms with Crippen molar-refractivity contribution in [2.45, 2.75) is 38.0 Å². The second-order valence-corrected chi connectivity index (χ2v) is 5.15. The molecule has 1 aromatic heterocycles. The van der Waals surface area contributed by atoms with E-state index >= 15 is 0 Å². The second-order valence-electron chi connectivity index (χ2n) is 5.15. The van der Waals surface area contributed by atoms with Crippen molar-refractivity contribution in [2.24, 2.45) is 0 Å². The smallest absolute Gasteiger partial charge is 0.181 e. The van der Waals surface area contributed by atoms with Gasteiger partial charge in [-0.1, -0.05) is 19.3 Å². The first-order chi connectivity index (χ1) is 9.24. The largest absolute Gasteiger partial charge is 0.506 e. The number of nitrogens with one attached hydrogen (secondary N) is 1. The molecule has 1 aliphatic carbocycles. The number of aromatic nitrogens is 3. The molecule has 1 fully saturated rings.